The summed E-state index contributed by atoms with van der Waals surface area (Å²) < 4.78 is 4.51. The predicted molar refractivity (Wildman–Crippen MR) is 65.5 cm³/mol. The fraction of sp³-hybridized carbons (Fsp3) is 0.273. The fourth-order valence-electron chi connectivity index (χ4n) is 1.55. The number of rotatable bonds is 4. The van der Waals surface area contributed by atoms with Gasteiger partial charge in [0, 0.05) is 17.4 Å². The maximum absolute atomic E-state index is 11.8. The van der Waals surface area contributed by atoms with Gasteiger partial charge in [0.05, 0.1) is 5.69 Å². The number of aromatic carboxylic acids is 1. The number of aromatic nitrogens is 2. The van der Waals surface area contributed by atoms with Gasteiger partial charge in [-0.2, -0.15) is 0 Å². The lowest BCUT2D eigenvalue weighted by atomic mass is 10.3. The fourth-order valence-corrected chi connectivity index (χ4v) is 2.34. The minimum absolute atomic E-state index is 0.0828. The van der Waals surface area contributed by atoms with E-state index in [1.54, 1.807) is 0 Å². The minimum atomic E-state index is -1.27. The first kappa shape index (κ1) is 11.8. The smallest absolute Gasteiger partial charge is 0.374 e. The predicted octanol–water partition coefficient (Wildman–Crippen LogP) is 1.96. The molecule has 2 aromatic rings. The van der Waals surface area contributed by atoms with Crippen LogP contribution in [0.1, 0.15) is 45.5 Å². The molecule has 0 radical (unpaired) electrons. The molecule has 0 atom stereocenters. The zero-order chi connectivity index (χ0) is 13.4. The summed E-state index contributed by atoms with van der Waals surface area (Å²) in [5.41, 5.74) is 0.909. The van der Waals surface area contributed by atoms with Crippen LogP contribution < -0.4 is 5.32 Å². The van der Waals surface area contributed by atoms with Crippen LogP contribution in [0, 0.1) is 0 Å². The second-order valence-corrected chi connectivity index (χ2v) is 5.05. The summed E-state index contributed by atoms with van der Waals surface area (Å²) in [5, 5.41) is 17.0. The molecule has 98 valence electrons. The summed E-state index contributed by atoms with van der Waals surface area (Å²) >= 11 is 1.34. The third-order valence-electron chi connectivity index (χ3n) is 2.69. The summed E-state index contributed by atoms with van der Waals surface area (Å²) in [7, 11) is 0. The van der Waals surface area contributed by atoms with Crippen LogP contribution in [0.4, 0.5) is 5.13 Å². The van der Waals surface area contributed by atoms with Gasteiger partial charge in [0.15, 0.2) is 10.8 Å². The van der Waals surface area contributed by atoms with Gasteiger partial charge >= 0.3 is 5.97 Å². The van der Waals surface area contributed by atoms with E-state index in [1.165, 1.54) is 11.3 Å². The molecular formula is C11H9N3O4S. The molecule has 0 aromatic carbocycles. The van der Waals surface area contributed by atoms with Crippen LogP contribution in [0.2, 0.25) is 0 Å². The van der Waals surface area contributed by atoms with Gasteiger partial charge in [0.2, 0.25) is 5.76 Å². The number of carbonyl (C=O) groups excluding carboxylic acids is 1. The number of carbonyl (C=O) groups is 2. The molecule has 1 aliphatic rings. The minimum Gasteiger partial charge on any atom is -0.475 e. The normalized spacial score (nSPS) is 14.3. The molecule has 1 aliphatic carbocycles. The van der Waals surface area contributed by atoms with Crippen molar-refractivity contribution in [2.45, 2.75) is 18.8 Å². The molecule has 3 rings (SSSR count). The van der Waals surface area contributed by atoms with Crippen LogP contribution >= 0.6 is 11.3 Å². The highest BCUT2D eigenvalue weighted by Crippen LogP contribution is 2.40. The molecule has 1 saturated carbocycles. The first-order valence-electron chi connectivity index (χ1n) is 5.60. The van der Waals surface area contributed by atoms with Gasteiger partial charge in [0.1, 0.15) is 0 Å². The molecular weight excluding hydrogens is 270 g/mol. The third kappa shape index (κ3) is 2.48. The van der Waals surface area contributed by atoms with Gasteiger partial charge < -0.3 is 9.63 Å². The van der Waals surface area contributed by atoms with Crippen molar-refractivity contribution >= 4 is 28.3 Å². The Morgan fingerprint density at radius 3 is 2.89 bits per heavy atom. The lowest BCUT2D eigenvalue weighted by Gasteiger charge is -1.96. The molecule has 1 amide bonds. The number of nitrogens with zero attached hydrogens (tertiary/aromatic N) is 2. The number of hydrogen-bond donors (Lipinski definition) is 2. The number of carboxylic acids is 1. The SMILES string of the molecule is O=C(Nc1nc(C2CC2)cs1)c1cc(C(=O)O)on1. The van der Waals surface area contributed by atoms with Crippen molar-refractivity contribution in [1.29, 1.82) is 0 Å². The van der Waals surface area contributed by atoms with E-state index in [1.807, 2.05) is 5.38 Å². The van der Waals surface area contributed by atoms with Crippen molar-refractivity contribution in [3.05, 3.63) is 28.6 Å². The molecule has 2 N–H and O–H groups in total. The van der Waals surface area contributed by atoms with Crippen molar-refractivity contribution in [3.8, 4) is 0 Å². The quantitative estimate of drug-likeness (QED) is 0.886. The number of anilines is 1. The topological polar surface area (TPSA) is 105 Å². The summed E-state index contributed by atoms with van der Waals surface area (Å²) in [6.45, 7) is 0. The summed E-state index contributed by atoms with van der Waals surface area (Å²) in [5.74, 6) is -1.65. The highest BCUT2D eigenvalue weighted by molar-refractivity contribution is 7.14. The standard InChI is InChI=1S/C11H9N3O4S/c15-9(6-3-8(10(16)17)18-14-6)13-11-12-7(4-19-11)5-1-2-5/h3-5H,1-2H2,(H,16,17)(H,12,13,15). The van der Waals surface area contributed by atoms with Crippen molar-refractivity contribution in [2.24, 2.45) is 0 Å². The number of thiazole rings is 1. The van der Waals surface area contributed by atoms with Gasteiger partial charge in [-0.1, -0.05) is 5.16 Å². The van der Waals surface area contributed by atoms with Crippen LogP contribution in [-0.4, -0.2) is 27.1 Å². The molecule has 7 nitrogen and oxygen atoms in total. The molecule has 1 fully saturated rings. The van der Waals surface area contributed by atoms with E-state index in [0.717, 1.165) is 24.6 Å². The Bertz CT molecular complexity index is 644. The zero-order valence-corrected chi connectivity index (χ0v) is 10.4. The van der Waals surface area contributed by atoms with Gasteiger partial charge in [-0.25, -0.2) is 9.78 Å². The number of amides is 1. The molecule has 8 heteroatoms. The number of hydrogen-bond acceptors (Lipinski definition) is 6. The molecule has 19 heavy (non-hydrogen) atoms. The molecule has 2 aromatic heterocycles. The van der Waals surface area contributed by atoms with E-state index in [2.05, 4.69) is 20.0 Å². The van der Waals surface area contributed by atoms with Gasteiger partial charge in [-0.3, -0.25) is 10.1 Å². The Hall–Kier alpha value is -2.22. The first-order valence-corrected chi connectivity index (χ1v) is 6.48. The molecule has 2 heterocycles. The lowest BCUT2D eigenvalue weighted by Crippen LogP contribution is -2.12. The van der Waals surface area contributed by atoms with Crippen LogP contribution in [0.25, 0.3) is 0 Å². The maximum atomic E-state index is 11.8. The Balaban J connectivity index is 1.70. The highest BCUT2D eigenvalue weighted by Gasteiger charge is 2.26. The zero-order valence-electron chi connectivity index (χ0n) is 9.62. The average molecular weight is 279 g/mol. The van der Waals surface area contributed by atoms with Crippen LogP contribution in [0.15, 0.2) is 16.0 Å². The van der Waals surface area contributed by atoms with E-state index >= 15 is 0 Å². The Labute approximate surface area is 111 Å². The summed E-state index contributed by atoms with van der Waals surface area (Å²) in [6.07, 6.45) is 2.28. The van der Waals surface area contributed by atoms with Gasteiger partial charge in [0.25, 0.3) is 5.91 Å². The second-order valence-electron chi connectivity index (χ2n) is 4.19. The monoisotopic (exact) mass is 279 g/mol. The maximum Gasteiger partial charge on any atom is 0.374 e. The largest absolute Gasteiger partial charge is 0.475 e. The van der Waals surface area contributed by atoms with E-state index in [-0.39, 0.29) is 11.5 Å². The Morgan fingerprint density at radius 2 is 2.26 bits per heavy atom. The molecule has 0 bridgehead atoms. The number of carboxylic acid groups (broad SMARTS) is 1. The van der Waals surface area contributed by atoms with Crippen molar-refractivity contribution in [2.75, 3.05) is 5.32 Å². The van der Waals surface area contributed by atoms with E-state index in [4.69, 9.17) is 5.11 Å². The first-order chi connectivity index (χ1) is 9.13. The Kier molecular flexibility index (Phi) is 2.79. The molecule has 0 unspecified atom stereocenters. The molecule has 0 spiro atoms. The van der Waals surface area contributed by atoms with Gasteiger partial charge in [-0.15, -0.1) is 11.3 Å². The van der Waals surface area contributed by atoms with Crippen LogP contribution in [0.3, 0.4) is 0 Å². The summed E-state index contributed by atoms with van der Waals surface area (Å²) in [6, 6.07) is 1.08. The average Bonchev–Trinajstić information content (AvgIpc) is 2.92. The Morgan fingerprint density at radius 1 is 1.47 bits per heavy atom. The number of nitrogens with one attached hydrogen (secondary N) is 1. The van der Waals surface area contributed by atoms with E-state index in [0.29, 0.717) is 11.0 Å². The van der Waals surface area contributed by atoms with Crippen molar-refractivity contribution < 1.29 is 19.2 Å². The van der Waals surface area contributed by atoms with Crippen molar-refractivity contribution in [3.63, 3.8) is 0 Å². The summed E-state index contributed by atoms with van der Waals surface area (Å²) in [4.78, 5) is 26.7. The third-order valence-corrected chi connectivity index (χ3v) is 3.47. The highest BCUT2D eigenvalue weighted by atomic mass is 32.1. The molecule has 0 saturated heterocycles. The lowest BCUT2D eigenvalue weighted by molar-refractivity contribution is 0.0651. The van der Waals surface area contributed by atoms with Crippen molar-refractivity contribution in [1.82, 2.24) is 10.1 Å². The second kappa shape index (κ2) is 4.47. The van der Waals surface area contributed by atoms with E-state index < -0.39 is 11.9 Å². The van der Waals surface area contributed by atoms with Crippen LogP contribution in [-0.2, 0) is 0 Å². The van der Waals surface area contributed by atoms with E-state index in [9.17, 15) is 9.59 Å². The molecule has 0 aliphatic heterocycles. The van der Waals surface area contributed by atoms with Crippen LogP contribution in [0.5, 0.6) is 0 Å². The van der Waals surface area contributed by atoms with Gasteiger partial charge in [-0.05, 0) is 12.8 Å².